The van der Waals surface area contributed by atoms with Gasteiger partial charge in [0.25, 0.3) is 0 Å². The first-order valence-corrected chi connectivity index (χ1v) is 8.99. The first kappa shape index (κ1) is 17.4. The minimum absolute atomic E-state index is 0.135. The molecular weight excluding hydrogens is 312 g/mol. The number of hydrogen-bond acceptors (Lipinski definition) is 4. The first-order valence-electron chi connectivity index (χ1n) is 7.61. The van der Waals surface area contributed by atoms with E-state index in [1.165, 1.54) is 0 Å². The molecule has 0 aliphatic heterocycles. The quantitative estimate of drug-likeness (QED) is 0.815. The normalized spacial score (nSPS) is 13.6. The van der Waals surface area contributed by atoms with Crippen LogP contribution in [0.25, 0.3) is 0 Å². The molecule has 6 heteroatoms. The highest BCUT2D eigenvalue weighted by Crippen LogP contribution is 2.19. The Kier molecular flexibility index (Phi) is 5.71. The van der Waals surface area contributed by atoms with Crippen LogP contribution in [0.5, 0.6) is 0 Å². The van der Waals surface area contributed by atoms with Crippen LogP contribution >= 0.6 is 0 Å². The van der Waals surface area contributed by atoms with Gasteiger partial charge in [-0.15, -0.1) is 0 Å². The zero-order chi connectivity index (χ0) is 17.0. The third kappa shape index (κ3) is 3.88. The topological polar surface area (TPSA) is 63.4 Å². The van der Waals surface area contributed by atoms with Gasteiger partial charge in [-0.3, -0.25) is 9.00 Å². The Morgan fingerprint density at radius 2 is 1.96 bits per heavy atom. The predicted octanol–water partition coefficient (Wildman–Crippen LogP) is 2.98. The van der Waals surface area contributed by atoms with Crippen LogP contribution in [0.3, 0.4) is 0 Å². The highest BCUT2D eigenvalue weighted by molar-refractivity contribution is 7.85. The van der Waals surface area contributed by atoms with Gasteiger partial charge in [0.15, 0.2) is 0 Å². The van der Waals surface area contributed by atoms with E-state index in [2.05, 4.69) is 5.16 Å². The van der Waals surface area contributed by atoms with Crippen molar-refractivity contribution in [1.82, 2.24) is 5.16 Å². The highest BCUT2D eigenvalue weighted by Gasteiger charge is 2.27. The van der Waals surface area contributed by atoms with E-state index in [1.54, 1.807) is 18.7 Å². The van der Waals surface area contributed by atoms with Gasteiger partial charge in [0.2, 0.25) is 5.91 Å². The fourth-order valence-electron chi connectivity index (χ4n) is 2.38. The van der Waals surface area contributed by atoms with Crippen molar-refractivity contribution in [2.24, 2.45) is 0 Å². The van der Waals surface area contributed by atoms with Gasteiger partial charge in [-0.05, 0) is 39.8 Å². The third-order valence-electron chi connectivity index (χ3n) is 3.86. The highest BCUT2D eigenvalue weighted by atomic mass is 32.2. The summed E-state index contributed by atoms with van der Waals surface area (Å²) in [6.07, 6.45) is 0. The summed E-state index contributed by atoms with van der Waals surface area (Å²) in [6.45, 7) is 7.77. The fourth-order valence-corrected chi connectivity index (χ4v) is 3.68. The average Bonchev–Trinajstić information content (AvgIpc) is 2.87. The van der Waals surface area contributed by atoms with Crippen molar-refractivity contribution in [3.8, 4) is 0 Å². The maximum absolute atomic E-state index is 12.7. The van der Waals surface area contributed by atoms with Crippen LogP contribution < -0.4 is 4.90 Å². The number of nitrogens with zero attached hydrogens (tertiary/aromatic N) is 2. The molecule has 0 spiro atoms. The molecule has 0 saturated carbocycles. The van der Waals surface area contributed by atoms with Gasteiger partial charge in [-0.25, -0.2) is 0 Å². The molecular formula is C17H22N2O3S. The largest absolute Gasteiger partial charge is 0.361 e. The number of carbonyl (C=O) groups excluding carboxylic acids is 1. The van der Waals surface area contributed by atoms with Gasteiger partial charge in [-0.1, -0.05) is 23.4 Å². The smallest absolute Gasteiger partial charge is 0.242 e. The molecule has 1 aromatic heterocycles. The molecule has 2 rings (SSSR count). The van der Waals surface area contributed by atoms with Crippen LogP contribution in [-0.2, 0) is 21.3 Å². The van der Waals surface area contributed by atoms with Crippen molar-refractivity contribution in [2.75, 3.05) is 11.4 Å². The second-order valence-electron chi connectivity index (χ2n) is 5.39. The Hall–Kier alpha value is -1.95. The van der Waals surface area contributed by atoms with Crippen molar-refractivity contribution in [2.45, 2.75) is 38.7 Å². The van der Waals surface area contributed by atoms with Gasteiger partial charge in [0.05, 0.1) is 11.4 Å². The van der Waals surface area contributed by atoms with Crippen LogP contribution in [0.1, 0.15) is 30.9 Å². The maximum Gasteiger partial charge on any atom is 0.242 e. The molecule has 0 saturated heterocycles. The van der Waals surface area contributed by atoms with Crippen molar-refractivity contribution >= 4 is 22.4 Å². The number of anilines is 1. The lowest BCUT2D eigenvalue weighted by atomic mass is 10.2. The molecule has 5 nitrogen and oxygen atoms in total. The number of amides is 1. The molecule has 1 aromatic carbocycles. The van der Waals surface area contributed by atoms with Crippen molar-refractivity contribution in [3.63, 3.8) is 0 Å². The van der Waals surface area contributed by atoms with Gasteiger partial charge in [0.1, 0.15) is 11.0 Å². The van der Waals surface area contributed by atoms with E-state index in [-0.39, 0.29) is 11.7 Å². The Bertz CT molecular complexity index is 678. The lowest BCUT2D eigenvalue weighted by Gasteiger charge is -2.24. The summed E-state index contributed by atoms with van der Waals surface area (Å²) >= 11 is 0. The number of carbonyl (C=O) groups is 1. The number of rotatable bonds is 6. The number of benzene rings is 1. The summed E-state index contributed by atoms with van der Waals surface area (Å²) in [5.41, 5.74) is 2.37. The van der Waals surface area contributed by atoms with Crippen molar-refractivity contribution < 1.29 is 13.5 Å². The summed E-state index contributed by atoms with van der Waals surface area (Å²) < 4.78 is 17.7. The van der Waals surface area contributed by atoms with Gasteiger partial charge >= 0.3 is 0 Å². The monoisotopic (exact) mass is 334 g/mol. The summed E-state index contributed by atoms with van der Waals surface area (Å²) in [6, 6.07) is 9.44. The first-order chi connectivity index (χ1) is 11.0. The Labute approximate surface area is 139 Å². The SMILES string of the molecule is CCN(C(=O)[C@@H](C)[S@@](=O)Cc1c(C)noc1C)c1ccccc1. The van der Waals surface area contributed by atoms with Gasteiger partial charge in [0, 0.05) is 28.6 Å². The molecule has 0 unspecified atom stereocenters. The molecule has 0 aliphatic carbocycles. The van der Waals surface area contributed by atoms with E-state index in [0.29, 0.717) is 12.3 Å². The molecule has 0 fully saturated rings. The van der Waals surface area contributed by atoms with Gasteiger partial charge < -0.3 is 9.42 Å². The van der Waals surface area contributed by atoms with Crippen LogP contribution in [-0.4, -0.2) is 27.1 Å². The molecule has 0 aliphatic rings. The summed E-state index contributed by atoms with van der Waals surface area (Å²) in [5.74, 6) is 0.801. The molecule has 124 valence electrons. The predicted molar refractivity (Wildman–Crippen MR) is 91.8 cm³/mol. The Balaban J connectivity index is 2.13. The molecule has 1 amide bonds. The molecule has 0 bridgehead atoms. The lowest BCUT2D eigenvalue weighted by molar-refractivity contribution is -0.117. The van der Waals surface area contributed by atoms with Crippen LogP contribution in [0.2, 0.25) is 0 Å². The minimum Gasteiger partial charge on any atom is -0.361 e. The Morgan fingerprint density at radius 1 is 1.30 bits per heavy atom. The van der Waals surface area contributed by atoms with E-state index in [9.17, 15) is 9.00 Å². The standard InChI is InChI=1S/C17H22N2O3S/c1-5-19(15-9-7-6-8-10-15)17(20)14(4)23(21)11-16-12(2)18-22-13(16)3/h6-10,14H,5,11H2,1-4H3/t14-,23+/m1/s1. The van der Waals surface area contributed by atoms with E-state index in [1.807, 2.05) is 44.2 Å². The maximum atomic E-state index is 12.7. The molecule has 1 heterocycles. The number of aryl methyl sites for hydroxylation is 2. The minimum atomic E-state index is -1.33. The van der Waals surface area contributed by atoms with E-state index >= 15 is 0 Å². The molecule has 2 aromatic rings. The number of aromatic nitrogens is 1. The molecule has 23 heavy (non-hydrogen) atoms. The van der Waals surface area contributed by atoms with Crippen LogP contribution in [0.15, 0.2) is 34.9 Å². The summed E-state index contributed by atoms with van der Waals surface area (Å²) in [4.78, 5) is 14.4. The molecule has 0 N–H and O–H groups in total. The zero-order valence-corrected chi connectivity index (χ0v) is 14.7. The lowest BCUT2D eigenvalue weighted by Crippen LogP contribution is -2.40. The zero-order valence-electron chi connectivity index (χ0n) is 13.9. The average molecular weight is 334 g/mol. The Morgan fingerprint density at radius 3 is 2.48 bits per heavy atom. The third-order valence-corrected chi connectivity index (χ3v) is 5.42. The van der Waals surface area contributed by atoms with E-state index < -0.39 is 16.0 Å². The summed E-state index contributed by atoms with van der Waals surface area (Å²) in [5, 5.41) is 3.27. The van der Waals surface area contributed by atoms with Crippen molar-refractivity contribution in [3.05, 3.63) is 47.3 Å². The van der Waals surface area contributed by atoms with Crippen LogP contribution in [0, 0.1) is 13.8 Å². The van der Waals surface area contributed by atoms with Crippen molar-refractivity contribution in [1.29, 1.82) is 0 Å². The molecule has 2 atom stereocenters. The molecule has 0 radical (unpaired) electrons. The number of para-hydroxylation sites is 1. The second-order valence-corrected chi connectivity index (χ2v) is 7.15. The number of hydrogen-bond donors (Lipinski definition) is 0. The van der Waals surface area contributed by atoms with Crippen LogP contribution in [0.4, 0.5) is 5.69 Å². The fraction of sp³-hybridized carbons (Fsp3) is 0.412. The van der Waals surface area contributed by atoms with E-state index in [0.717, 1.165) is 16.9 Å². The summed E-state index contributed by atoms with van der Waals surface area (Å²) in [7, 11) is -1.33. The van der Waals surface area contributed by atoms with Gasteiger partial charge in [-0.2, -0.15) is 0 Å². The second kappa shape index (κ2) is 7.55. The van der Waals surface area contributed by atoms with E-state index in [4.69, 9.17) is 4.52 Å².